The molecule has 1 amide bonds. The smallest absolute Gasteiger partial charge is 0.409 e. The molecule has 0 spiro atoms. The Bertz CT molecular complexity index is 1180. The Labute approximate surface area is 198 Å². The van der Waals surface area contributed by atoms with Gasteiger partial charge >= 0.3 is 6.09 Å². The van der Waals surface area contributed by atoms with E-state index in [1.807, 2.05) is 43.8 Å². The molecule has 5 rings (SSSR count). The fraction of sp³-hybridized carbons (Fsp3) is 0.462. The zero-order chi connectivity index (χ0) is 23.9. The molecule has 3 heterocycles. The summed E-state index contributed by atoms with van der Waals surface area (Å²) in [5, 5.41) is 18.3. The van der Waals surface area contributed by atoms with Crippen LogP contribution in [0.15, 0.2) is 42.6 Å². The Morgan fingerprint density at radius 2 is 1.94 bits per heavy atom. The van der Waals surface area contributed by atoms with E-state index < -0.39 is 17.9 Å². The number of alkyl carbamates (subject to hydrolysis) is 1. The first kappa shape index (κ1) is 22.7. The first-order valence-corrected chi connectivity index (χ1v) is 11.8. The number of phenolic OH excluding ortho intramolecular Hbond substituents is 1. The standard InChI is InChI=1S/C26H31N3O5/c1-26(2,3)34-25(31)28-24-21(15-33-24)19-12-17(16-7-9-18(30)10-8-16)13-22-20(19)14-27-29(22)23-6-4-5-11-32-23/h7-10,12-14,21,23-24,30H,4-6,11,15H2,1-3H3,(H,28,31)/t21-,23?,24-/m1/s1. The molecular formula is C26H31N3O5. The Morgan fingerprint density at radius 1 is 1.15 bits per heavy atom. The van der Waals surface area contributed by atoms with Gasteiger partial charge in [0.15, 0.2) is 6.23 Å². The van der Waals surface area contributed by atoms with Gasteiger partial charge in [0, 0.05) is 12.0 Å². The molecule has 2 aromatic carbocycles. The van der Waals surface area contributed by atoms with Gasteiger partial charge in [0.1, 0.15) is 17.6 Å². The number of rotatable bonds is 4. The normalized spacial score (nSPS) is 22.9. The van der Waals surface area contributed by atoms with Crippen LogP contribution < -0.4 is 5.32 Å². The number of ether oxygens (including phenoxy) is 3. The van der Waals surface area contributed by atoms with Crippen molar-refractivity contribution in [1.29, 1.82) is 0 Å². The Balaban J connectivity index is 1.53. The first-order chi connectivity index (χ1) is 16.3. The molecule has 0 radical (unpaired) electrons. The van der Waals surface area contributed by atoms with Crippen LogP contribution in [0.25, 0.3) is 22.0 Å². The number of aromatic hydroxyl groups is 1. The van der Waals surface area contributed by atoms with Crippen LogP contribution in [0.2, 0.25) is 0 Å². The van der Waals surface area contributed by atoms with Crippen molar-refractivity contribution in [3.8, 4) is 16.9 Å². The second-order valence-electron chi connectivity index (χ2n) is 9.96. The molecule has 2 saturated heterocycles. The first-order valence-electron chi connectivity index (χ1n) is 11.8. The molecule has 3 atom stereocenters. The van der Waals surface area contributed by atoms with Crippen molar-refractivity contribution in [3.63, 3.8) is 0 Å². The highest BCUT2D eigenvalue weighted by molar-refractivity contribution is 5.88. The molecule has 1 aromatic heterocycles. The largest absolute Gasteiger partial charge is 0.508 e. The number of hydrogen-bond donors (Lipinski definition) is 2. The molecular weight excluding hydrogens is 434 g/mol. The van der Waals surface area contributed by atoms with Gasteiger partial charge in [-0.15, -0.1) is 0 Å². The van der Waals surface area contributed by atoms with Gasteiger partial charge < -0.3 is 19.3 Å². The van der Waals surface area contributed by atoms with E-state index in [2.05, 4.69) is 17.4 Å². The van der Waals surface area contributed by atoms with E-state index in [0.29, 0.717) is 6.61 Å². The van der Waals surface area contributed by atoms with E-state index in [9.17, 15) is 9.90 Å². The van der Waals surface area contributed by atoms with Gasteiger partial charge in [0.25, 0.3) is 0 Å². The summed E-state index contributed by atoms with van der Waals surface area (Å²) >= 11 is 0. The summed E-state index contributed by atoms with van der Waals surface area (Å²) in [6, 6.07) is 11.4. The summed E-state index contributed by atoms with van der Waals surface area (Å²) in [5.41, 5.74) is 3.43. The summed E-state index contributed by atoms with van der Waals surface area (Å²) in [6.07, 6.45) is 3.90. The number of hydrogen-bond acceptors (Lipinski definition) is 6. The highest BCUT2D eigenvalue weighted by atomic mass is 16.6. The summed E-state index contributed by atoms with van der Waals surface area (Å²) in [6.45, 7) is 6.71. The Hall–Kier alpha value is -3.10. The van der Waals surface area contributed by atoms with Crippen molar-refractivity contribution in [2.45, 2.75) is 64.0 Å². The van der Waals surface area contributed by atoms with Crippen LogP contribution in [0, 0.1) is 0 Å². The minimum Gasteiger partial charge on any atom is -0.508 e. The molecule has 2 N–H and O–H groups in total. The lowest BCUT2D eigenvalue weighted by molar-refractivity contribution is -0.0952. The molecule has 2 aliphatic rings. The van der Waals surface area contributed by atoms with Crippen molar-refractivity contribution < 1.29 is 24.1 Å². The van der Waals surface area contributed by atoms with Crippen LogP contribution in [0.5, 0.6) is 5.75 Å². The summed E-state index contributed by atoms with van der Waals surface area (Å²) in [5.74, 6) is 0.178. The van der Waals surface area contributed by atoms with Crippen LogP contribution in [0.1, 0.15) is 57.7 Å². The lowest BCUT2D eigenvalue weighted by atomic mass is 9.88. The quantitative estimate of drug-likeness (QED) is 0.558. The molecule has 2 fully saturated rings. The van der Waals surface area contributed by atoms with Gasteiger partial charge in [-0.25, -0.2) is 9.48 Å². The number of aromatic nitrogens is 2. The molecule has 34 heavy (non-hydrogen) atoms. The van der Waals surface area contributed by atoms with E-state index in [1.54, 1.807) is 12.1 Å². The van der Waals surface area contributed by atoms with Gasteiger partial charge in [-0.2, -0.15) is 5.10 Å². The van der Waals surface area contributed by atoms with Crippen molar-refractivity contribution >= 4 is 17.0 Å². The van der Waals surface area contributed by atoms with Gasteiger partial charge in [-0.3, -0.25) is 5.32 Å². The third-order valence-electron chi connectivity index (χ3n) is 6.26. The molecule has 0 bridgehead atoms. The van der Waals surface area contributed by atoms with Crippen molar-refractivity contribution in [1.82, 2.24) is 15.1 Å². The van der Waals surface area contributed by atoms with Crippen LogP contribution >= 0.6 is 0 Å². The number of carbonyl (C=O) groups excluding carboxylic acids is 1. The minimum atomic E-state index is -0.587. The van der Waals surface area contributed by atoms with Gasteiger partial charge in [0.2, 0.25) is 0 Å². The summed E-state index contributed by atoms with van der Waals surface area (Å²) in [4.78, 5) is 12.4. The Kier molecular flexibility index (Phi) is 5.95. The third-order valence-corrected chi connectivity index (χ3v) is 6.26. The van der Waals surface area contributed by atoms with Crippen LogP contribution in [0.4, 0.5) is 4.79 Å². The second kappa shape index (κ2) is 8.92. The maximum atomic E-state index is 12.4. The van der Waals surface area contributed by atoms with Gasteiger partial charge in [0.05, 0.1) is 24.2 Å². The van der Waals surface area contributed by atoms with E-state index in [1.165, 1.54) is 0 Å². The zero-order valence-electron chi connectivity index (χ0n) is 19.8. The van der Waals surface area contributed by atoms with Gasteiger partial charge in [-0.1, -0.05) is 12.1 Å². The number of benzene rings is 2. The molecule has 1 unspecified atom stereocenters. The van der Waals surface area contributed by atoms with E-state index in [4.69, 9.17) is 19.3 Å². The highest BCUT2D eigenvalue weighted by Crippen LogP contribution is 2.39. The number of amides is 1. The maximum absolute atomic E-state index is 12.4. The number of carbonyl (C=O) groups is 1. The number of nitrogens with one attached hydrogen (secondary N) is 1. The highest BCUT2D eigenvalue weighted by Gasteiger charge is 2.37. The summed E-state index contributed by atoms with van der Waals surface area (Å²) < 4.78 is 19.1. The average molecular weight is 466 g/mol. The fourth-order valence-electron chi connectivity index (χ4n) is 4.55. The third kappa shape index (κ3) is 4.60. The van der Waals surface area contributed by atoms with E-state index in [-0.39, 0.29) is 17.9 Å². The lowest BCUT2D eigenvalue weighted by Crippen LogP contribution is -2.51. The number of phenols is 1. The zero-order valence-corrected chi connectivity index (χ0v) is 19.8. The van der Waals surface area contributed by atoms with Crippen LogP contribution in [0.3, 0.4) is 0 Å². The average Bonchev–Trinajstić information content (AvgIpc) is 3.21. The molecule has 0 aliphatic carbocycles. The van der Waals surface area contributed by atoms with Crippen molar-refractivity contribution in [2.75, 3.05) is 13.2 Å². The molecule has 8 heteroatoms. The number of fused-ring (bicyclic) bond motifs is 1. The maximum Gasteiger partial charge on any atom is 0.409 e. The van der Waals surface area contributed by atoms with E-state index in [0.717, 1.165) is 53.5 Å². The lowest BCUT2D eigenvalue weighted by Gasteiger charge is -2.38. The number of nitrogens with zero attached hydrogens (tertiary/aromatic N) is 2. The Morgan fingerprint density at radius 3 is 2.59 bits per heavy atom. The molecule has 180 valence electrons. The van der Waals surface area contributed by atoms with Crippen LogP contribution in [-0.4, -0.2) is 46.0 Å². The molecule has 3 aromatic rings. The predicted molar refractivity (Wildman–Crippen MR) is 128 cm³/mol. The summed E-state index contributed by atoms with van der Waals surface area (Å²) in [7, 11) is 0. The predicted octanol–water partition coefficient (Wildman–Crippen LogP) is 5.07. The van der Waals surface area contributed by atoms with Crippen LogP contribution in [-0.2, 0) is 14.2 Å². The topological polar surface area (TPSA) is 94.8 Å². The minimum absolute atomic E-state index is 0.0444. The monoisotopic (exact) mass is 465 g/mol. The van der Waals surface area contributed by atoms with Crippen molar-refractivity contribution in [3.05, 3.63) is 48.2 Å². The second-order valence-corrected chi connectivity index (χ2v) is 9.96. The molecule has 2 aliphatic heterocycles. The fourth-order valence-corrected chi connectivity index (χ4v) is 4.55. The van der Waals surface area contributed by atoms with E-state index >= 15 is 0 Å². The SMILES string of the molecule is CC(C)(C)OC(=O)N[C@@H]1OC[C@@H]1c1cc(-c2ccc(O)cc2)cc2c1cnn2C1CCCCO1. The molecule has 8 nitrogen and oxygen atoms in total. The molecule has 0 saturated carbocycles. The van der Waals surface area contributed by atoms with Gasteiger partial charge in [-0.05, 0) is 81.0 Å². The van der Waals surface area contributed by atoms with Crippen molar-refractivity contribution in [2.24, 2.45) is 0 Å².